The van der Waals surface area contributed by atoms with E-state index in [1.165, 1.54) is 12.1 Å². The molecule has 0 saturated carbocycles. The van der Waals surface area contributed by atoms with Crippen molar-refractivity contribution in [3.8, 4) is 0 Å². The summed E-state index contributed by atoms with van der Waals surface area (Å²) in [6, 6.07) is 8.49. The Balaban J connectivity index is 1.94. The molecule has 2 heterocycles. The first-order valence-electron chi connectivity index (χ1n) is 6.18. The molecule has 2 aromatic heterocycles. The van der Waals surface area contributed by atoms with Crippen molar-refractivity contribution in [2.45, 2.75) is 12.7 Å². The Morgan fingerprint density at radius 3 is 2.48 bits per heavy atom. The van der Waals surface area contributed by atoms with Crippen LogP contribution >= 0.6 is 0 Å². The molecular weight excluding hydrogens is 281 g/mol. The number of imidazole rings is 1. The first kappa shape index (κ1) is 13.4. The lowest BCUT2D eigenvalue weighted by molar-refractivity contribution is -0.137. The number of nitrogens with two attached hydrogens (primary N) is 1. The maximum Gasteiger partial charge on any atom is 0.416 e. The zero-order chi connectivity index (χ0) is 15.0. The van der Waals surface area contributed by atoms with Crippen LogP contribution < -0.4 is 5.73 Å². The van der Waals surface area contributed by atoms with Gasteiger partial charge in [0.2, 0.25) is 5.95 Å². The summed E-state index contributed by atoms with van der Waals surface area (Å²) < 4.78 is 39.2. The van der Waals surface area contributed by atoms with E-state index in [-0.39, 0.29) is 5.95 Å². The topological polar surface area (TPSA) is 56.7 Å². The highest BCUT2D eigenvalue weighted by Gasteiger charge is 2.29. The number of aromatic nitrogens is 3. The highest BCUT2D eigenvalue weighted by Crippen LogP contribution is 2.29. The normalized spacial score (nSPS) is 12.0. The molecule has 0 aliphatic heterocycles. The van der Waals surface area contributed by atoms with Crippen LogP contribution in [0.2, 0.25) is 0 Å². The minimum Gasteiger partial charge on any atom is -0.369 e. The van der Waals surface area contributed by atoms with Crippen molar-refractivity contribution < 1.29 is 13.2 Å². The average Bonchev–Trinajstić information content (AvgIpc) is 2.75. The van der Waals surface area contributed by atoms with Gasteiger partial charge in [0.1, 0.15) is 5.52 Å². The number of nitrogens with zero attached hydrogens (tertiary/aromatic N) is 3. The second-order valence-electron chi connectivity index (χ2n) is 4.60. The summed E-state index contributed by atoms with van der Waals surface area (Å²) in [6.07, 6.45) is -2.71. The first-order valence-corrected chi connectivity index (χ1v) is 6.18. The van der Waals surface area contributed by atoms with Crippen LogP contribution in [0.15, 0.2) is 42.6 Å². The highest BCUT2D eigenvalue weighted by atomic mass is 19.4. The molecule has 0 atom stereocenters. The molecule has 0 saturated heterocycles. The Morgan fingerprint density at radius 1 is 1.10 bits per heavy atom. The van der Waals surface area contributed by atoms with Gasteiger partial charge in [-0.2, -0.15) is 13.2 Å². The van der Waals surface area contributed by atoms with Crippen molar-refractivity contribution in [3.63, 3.8) is 0 Å². The van der Waals surface area contributed by atoms with Crippen molar-refractivity contribution in [1.82, 2.24) is 14.5 Å². The molecular formula is C14H11F3N4. The Kier molecular flexibility index (Phi) is 3.04. The Hall–Kier alpha value is -2.57. The SMILES string of the molecule is Nc1nc2cccnc2n1Cc1ccc(C(F)(F)F)cc1. The highest BCUT2D eigenvalue weighted by molar-refractivity contribution is 5.73. The van der Waals surface area contributed by atoms with Gasteiger partial charge < -0.3 is 5.73 Å². The van der Waals surface area contributed by atoms with Gasteiger partial charge in [0, 0.05) is 6.20 Å². The molecule has 0 spiro atoms. The number of benzene rings is 1. The van der Waals surface area contributed by atoms with Crippen molar-refractivity contribution in [2.24, 2.45) is 0 Å². The zero-order valence-corrected chi connectivity index (χ0v) is 10.8. The molecule has 21 heavy (non-hydrogen) atoms. The van der Waals surface area contributed by atoms with Gasteiger partial charge in [-0.1, -0.05) is 12.1 Å². The lowest BCUT2D eigenvalue weighted by Gasteiger charge is -2.09. The van der Waals surface area contributed by atoms with Crippen LogP contribution in [-0.4, -0.2) is 14.5 Å². The second-order valence-corrected chi connectivity index (χ2v) is 4.60. The third-order valence-corrected chi connectivity index (χ3v) is 3.16. The van der Waals surface area contributed by atoms with Gasteiger partial charge in [0.15, 0.2) is 5.65 Å². The van der Waals surface area contributed by atoms with Crippen molar-refractivity contribution in [3.05, 3.63) is 53.7 Å². The molecule has 3 aromatic rings. The lowest BCUT2D eigenvalue weighted by Crippen LogP contribution is -2.07. The number of nitrogen functional groups attached to an aromatic ring is 1. The molecule has 2 N–H and O–H groups in total. The molecule has 0 fully saturated rings. The van der Waals surface area contributed by atoms with Gasteiger partial charge in [0.25, 0.3) is 0 Å². The number of pyridine rings is 1. The fourth-order valence-electron chi connectivity index (χ4n) is 2.11. The monoisotopic (exact) mass is 292 g/mol. The van der Waals surface area contributed by atoms with E-state index in [1.807, 2.05) is 0 Å². The summed E-state index contributed by atoms with van der Waals surface area (Å²) in [4.78, 5) is 8.36. The number of halogens is 3. The van der Waals surface area contributed by atoms with Crippen LogP contribution in [0, 0.1) is 0 Å². The molecule has 108 valence electrons. The average molecular weight is 292 g/mol. The predicted molar refractivity (Wildman–Crippen MR) is 72.5 cm³/mol. The molecule has 7 heteroatoms. The molecule has 1 aromatic carbocycles. The van der Waals surface area contributed by atoms with Gasteiger partial charge in [-0.15, -0.1) is 0 Å². The van der Waals surface area contributed by atoms with Crippen LogP contribution in [0.25, 0.3) is 11.2 Å². The Morgan fingerprint density at radius 2 is 1.81 bits per heavy atom. The number of rotatable bonds is 2. The molecule has 0 amide bonds. The molecule has 3 rings (SSSR count). The summed E-state index contributed by atoms with van der Waals surface area (Å²) in [6.45, 7) is 0.317. The number of fused-ring (bicyclic) bond motifs is 1. The van der Waals surface area contributed by atoms with E-state index >= 15 is 0 Å². The largest absolute Gasteiger partial charge is 0.416 e. The second kappa shape index (κ2) is 4.76. The molecule has 0 bridgehead atoms. The zero-order valence-electron chi connectivity index (χ0n) is 10.8. The predicted octanol–water partition coefficient (Wildman–Crippen LogP) is 3.08. The standard InChI is InChI=1S/C14H11F3N4/c15-14(16,17)10-5-3-9(4-6-10)8-21-12-11(20-13(21)18)2-1-7-19-12/h1-7H,8H2,(H2,18,20). The smallest absolute Gasteiger partial charge is 0.369 e. The summed E-state index contributed by atoms with van der Waals surface area (Å²) >= 11 is 0. The maximum absolute atomic E-state index is 12.5. The van der Waals surface area contributed by atoms with E-state index in [0.29, 0.717) is 23.3 Å². The van der Waals surface area contributed by atoms with E-state index in [4.69, 9.17) is 5.73 Å². The summed E-state index contributed by atoms with van der Waals surface area (Å²) in [5.74, 6) is 0.281. The van der Waals surface area contributed by atoms with Gasteiger partial charge in [-0.3, -0.25) is 4.57 Å². The number of anilines is 1. The molecule has 0 radical (unpaired) electrons. The van der Waals surface area contributed by atoms with Crippen LogP contribution in [-0.2, 0) is 12.7 Å². The third-order valence-electron chi connectivity index (χ3n) is 3.16. The number of hydrogen-bond donors (Lipinski definition) is 1. The van der Waals surface area contributed by atoms with E-state index in [0.717, 1.165) is 12.1 Å². The molecule has 0 aliphatic rings. The van der Waals surface area contributed by atoms with Crippen LogP contribution in [0.3, 0.4) is 0 Å². The molecule has 0 unspecified atom stereocenters. The fourth-order valence-corrected chi connectivity index (χ4v) is 2.11. The number of hydrogen-bond acceptors (Lipinski definition) is 3. The fraction of sp³-hybridized carbons (Fsp3) is 0.143. The minimum absolute atomic E-state index is 0.281. The van der Waals surface area contributed by atoms with E-state index in [1.54, 1.807) is 22.9 Å². The minimum atomic E-state index is -4.33. The quantitative estimate of drug-likeness (QED) is 0.789. The van der Waals surface area contributed by atoms with Crippen molar-refractivity contribution in [1.29, 1.82) is 0 Å². The van der Waals surface area contributed by atoms with E-state index in [9.17, 15) is 13.2 Å². The van der Waals surface area contributed by atoms with Gasteiger partial charge in [-0.25, -0.2) is 9.97 Å². The van der Waals surface area contributed by atoms with Gasteiger partial charge in [0.05, 0.1) is 12.1 Å². The van der Waals surface area contributed by atoms with Crippen LogP contribution in [0.5, 0.6) is 0 Å². The summed E-state index contributed by atoms with van der Waals surface area (Å²) in [7, 11) is 0. The maximum atomic E-state index is 12.5. The first-order chi connectivity index (χ1) is 9.95. The Bertz CT molecular complexity index is 775. The van der Waals surface area contributed by atoms with Gasteiger partial charge >= 0.3 is 6.18 Å². The van der Waals surface area contributed by atoms with Crippen molar-refractivity contribution in [2.75, 3.05) is 5.73 Å². The summed E-state index contributed by atoms with van der Waals surface area (Å²) in [5.41, 5.74) is 7.11. The molecule has 0 aliphatic carbocycles. The van der Waals surface area contributed by atoms with Gasteiger partial charge in [-0.05, 0) is 29.8 Å². The van der Waals surface area contributed by atoms with E-state index < -0.39 is 11.7 Å². The van der Waals surface area contributed by atoms with E-state index in [2.05, 4.69) is 9.97 Å². The van der Waals surface area contributed by atoms with Crippen LogP contribution in [0.1, 0.15) is 11.1 Å². The Labute approximate surface area is 118 Å². The number of alkyl halides is 3. The van der Waals surface area contributed by atoms with Crippen LogP contribution in [0.4, 0.5) is 19.1 Å². The summed E-state index contributed by atoms with van der Waals surface area (Å²) in [5, 5.41) is 0. The van der Waals surface area contributed by atoms with Crippen molar-refractivity contribution >= 4 is 17.1 Å². The molecule has 4 nitrogen and oxygen atoms in total. The lowest BCUT2D eigenvalue weighted by atomic mass is 10.1. The third kappa shape index (κ3) is 2.54.